The molecule has 5 heteroatoms. The second-order valence-electron chi connectivity index (χ2n) is 2.02. The Balaban J connectivity index is 2.50. The van der Waals surface area contributed by atoms with E-state index in [0.29, 0.717) is 13.1 Å². The molecular formula is C5H10N2O3. The molecule has 1 aliphatic heterocycles. The minimum atomic E-state index is -0.959. The van der Waals surface area contributed by atoms with E-state index in [-0.39, 0.29) is 0 Å². The fraction of sp³-hybridized carbons (Fsp3) is 0.800. The quantitative estimate of drug-likeness (QED) is 0.572. The van der Waals surface area contributed by atoms with Gasteiger partial charge in [0.1, 0.15) is 0 Å². The highest BCUT2D eigenvalue weighted by atomic mass is 16.7. The molecule has 0 aliphatic carbocycles. The summed E-state index contributed by atoms with van der Waals surface area (Å²) in [5.74, 6) is 0. The van der Waals surface area contributed by atoms with Crippen molar-refractivity contribution < 1.29 is 14.7 Å². The number of hydroxylamine groups is 1. The maximum Gasteiger partial charge on any atom is 0.423 e. The second-order valence-corrected chi connectivity index (χ2v) is 2.02. The molecule has 0 aromatic heterocycles. The van der Waals surface area contributed by atoms with Crippen LogP contribution < -0.4 is 0 Å². The van der Waals surface area contributed by atoms with Gasteiger partial charge in [0.2, 0.25) is 0 Å². The van der Waals surface area contributed by atoms with Gasteiger partial charge < -0.3 is 5.11 Å². The SMILES string of the molecule is CON1CCCN1C(=O)O. The predicted molar refractivity (Wildman–Crippen MR) is 33.1 cm³/mol. The zero-order chi connectivity index (χ0) is 7.56. The van der Waals surface area contributed by atoms with Crippen molar-refractivity contribution in [3.05, 3.63) is 0 Å². The molecule has 0 radical (unpaired) electrons. The van der Waals surface area contributed by atoms with E-state index in [2.05, 4.69) is 0 Å². The topological polar surface area (TPSA) is 53.0 Å². The molecule has 0 aromatic rings. The summed E-state index contributed by atoms with van der Waals surface area (Å²) in [6.45, 7) is 1.19. The number of carboxylic acid groups (broad SMARTS) is 1. The lowest BCUT2D eigenvalue weighted by Crippen LogP contribution is -2.39. The van der Waals surface area contributed by atoms with Crippen molar-refractivity contribution in [3.63, 3.8) is 0 Å². The summed E-state index contributed by atoms with van der Waals surface area (Å²) < 4.78 is 0. The lowest BCUT2D eigenvalue weighted by molar-refractivity contribution is -0.223. The third-order valence-corrected chi connectivity index (χ3v) is 1.42. The molecule has 10 heavy (non-hydrogen) atoms. The van der Waals surface area contributed by atoms with Crippen LogP contribution in [0.15, 0.2) is 0 Å². The first kappa shape index (κ1) is 7.30. The smallest absolute Gasteiger partial charge is 0.423 e. The molecule has 0 aromatic carbocycles. The fourth-order valence-corrected chi connectivity index (χ4v) is 0.969. The summed E-state index contributed by atoms with van der Waals surface area (Å²) in [4.78, 5) is 15.1. The number of hydrazine groups is 1. The molecule has 0 atom stereocenters. The lowest BCUT2D eigenvalue weighted by Gasteiger charge is -2.21. The Labute approximate surface area is 58.7 Å². The number of amides is 1. The maximum absolute atomic E-state index is 10.4. The van der Waals surface area contributed by atoms with Crippen molar-refractivity contribution in [3.8, 4) is 0 Å². The molecule has 5 nitrogen and oxygen atoms in total. The molecule has 0 bridgehead atoms. The summed E-state index contributed by atoms with van der Waals surface area (Å²) in [6.07, 6.45) is -0.125. The van der Waals surface area contributed by atoms with Crippen molar-refractivity contribution in [1.29, 1.82) is 0 Å². The second kappa shape index (κ2) is 2.85. The van der Waals surface area contributed by atoms with Crippen LogP contribution >= 0.6 is 0 Å². The number of rotatable bonds is 1. The van der Waals surface area contributed by atoms with Gasteiger partial charge in [0.25, 0.3) is 0 Å². The molecule has 1 aliphatic rings. The Kier molecular flexibility index (Phi) is 2.08. The van der Waals surface area contributed by atoms with Gasteiger partial charge in [0.15, 0.2) is 0 Å². The van der Waals surface area contributed by atoms with Crippen LogP contribution in [0.2, 0.25) is 0 Å². The monoisotopic (exact) mass is 146 g/mol. The van der Waals surface area contributed by atoms with E-state index < -0.39 is 6.09 Å². The van der Waals surface area contributed by atoms with E-state index in [1.807, 2.05) is 0 Å². The van der Waals surface area contributed by atoms with Gasteiger partial charge in [-0.3, -0.25) is 4.84 Å². The standard InChI is InChI=1S/C5H10N2O3/c1-10-7-4-2-3-6(7)5(8)9/h2-4H2,1H3,(H,8,9). The summed E-state index contributed by atoms with van der Waals surface area (Å²) in [7, 11) is 1.46. The molecule has 1 rings (SSSR count). The van der Waals surface area contributed by atoms with Gasteiger partial charge in [-0.2, -0.15) is 0 Å². The van der Waals surface area contributed by atoms with Crippen LogP contribution in [0.4, 0.5) is 4.79 Å². The van der Waals surface area contributed by atoms with Gasteiger partial charge in [0, 0.05) is 13.1 Å². The molecule has 1 saturated heterocycles. The van der Waals surface area contributed by atoms with E-state index in [1.54, 1.807) is 0 Å². The largest absolute Gasteiger partial charge is 0.464 e. The van der Waals surface area contributed by atoms with Crippen LogP contribution in [0, 0.1) is 0 Å². The van der Waals surface area contributed by atoms with E-state index >= 15 is 0 Å². The molecule has 1 heterocycles. The first-order valence-electron chi connectivity index (χ1n) is 3.07. The van der Waals surface area contributed by atoms with E-state index in [9.17, 15) is 4.79 Å². The van der Waals surface area contributed by atoms with Crippen molar-refractivity contribution in [2.24, 2.45) is 0 Å². The van der Waals surface area contributed by atoms with E-state index in [1.165, 1.54) is 12.3 Å². The number of hydrogen-bond donors (Lipinski definition) is 1. The van der Waals surface area contributed by atoms with Gasteiger partial charge in [-0.1, -0.05) is 5.17 Å². The summed E-state index contributed by atoms with van der Waals surface area (Å²) in [5, 5.41) is 11.0. The third kappa shape index (κ3) is 1.19. The lowest BCUT2D eigenvalue weighted by atomic mass is 10.5. The first-order valence-corrected chi connectivity index (χ1v) is 3.07. The van der Waals surface area contributed by atoms with Crippen LogP contribution in [-0.4, -0.2) is 41.6 Å². The Bertz CT molecular complexity index is 139. The fourth-order valence-electron chi connectivity index (χ4n) is 0.969. The first-order chi connectivity index (χ1) is 4.75. The highest BCUT2D eigenvalue weighted by molar-refractivity contribution is 5.64. The number of hydrogen-bond acceptors (Lipinski definition) is 3. The van der Waals surface area contributed by atoms with Gasteiger partial charge in [-0.25, -0.2) is 9.80 Å². The zero-order valence-electron chi connectivity index (χ0n) is 5.78. The van der Waals surface area contributed by atoms with Crippen LogP contribution in [0.1, 0.15) is 6.42 Å². The van der Waals surface area contributed by atoms with Crippen molar-refractivity contribution in [2.75, 3.05) is 20.2 Å². The minimum absolute atomic E-state index is 0.531. The number of nitrogens with zero attached hydrogens (tertiary/aromatic N) is 2. The minimum Gasteiger partial charge on any atom is -0.464 e. The molecular weight excluding hydrogens is 136 g/mol. The zero-order valence-corrected chi connectivity index (χ0v) is 5.78. The van der Waals surface area contributed by atoms with E-state index in [0.717, 1.165) is 11.4 Å². The molecule has 1 N–H and O–H groups in total. The Morgan fingerprint density at radius 1 is 1.60 bits per heavy atom. The van der Waals surface area contributed by atoms with Crippen LogP contribution in [0.3, 0.4) is 0 Å². The Morgan fingerprint density at radius 2 is 2.30 bits per heavy atom. The van der Waals surface area contributed by atoms with Crippen LogP contribution in [0.25, 0.3) is 0 Å². The Hall–Kier alpha value is -0.810. The molecule has 0 saturated carbocycles. The van der Waals surface area contributed by atoms with Crippen LogP contribution in [-0.2, 0) is 4.84 Å². The maximum atomic E-state index is 10.4. The highest BCUT2D eigenvalue weighted by Gasteiger charge is 2.25. The molecule has 0 spiro atoms. The molecule has 58 valence electrons. The average molecular weight is 146 g/mol. The van der Waals surface area contributed by atoms with Gasteiger partial charge >= 0.3 is 6.09 Å². The predicted octanol–water partition coefficient (Wildman–Crippen LogP) is 0.149. The Morgan fingerprint density at radius 3 is 2.70 bits per heavy atom. The third-order valence-electron chi connectivity index (χ3n) is 1.42. The van der Waals surface area contributed by atoms with E-state index in [4.69, 9.17) is 9.94 Å². The van der Waals surface area contributed by atoms with Crippen molar-refractivity contribution >= 4 is 6.09 Å². The van der Waals surface area contributed by atoms with Crippen molar-refractivity contribution in [2.45, 2.75) is 6.42 Å². The summed E-state index contributed by atoms with van der Waals surface area (Å²) >= 11 is 0. The van der Waals surface area contributed by atoms with Gasteiger partial charge in [0.05, 0.1) is 7.11 Å². The average Bonchev–Trinajstić information content (AvgIpc) is 2.33. The molecule has 0 unspecified atom stereocenters. The summed E-state index contributed by atoms with van der Waals surface area (Å²) in [5.41, 5.74) is 0. The van der Waals surface area contributed by atoms with Gasteiger partial charge in [-0.05, 0) is 6.42 Å². The highest BCUT2D eigenvalue weighted by Crippen LogP contribution is 2.09. The molecule has 1 fully saturated rings. The summed E-state index contributed by atoms with van der Waals surface area (Å²) in [6, 6.07) is 0. The number of carbonyl (C=O) groups is 1. The normalized spacial score (nSPS) is 19.9. The van der Waals surface area contributed by atoms with Gasteiger partial charge in [-0.15, -0.1) is 0 Å². The van der Waals surface area contributed by atoms with Crippen LogP contribution in [0.5, 0.6) is 0 Å². The van der Waals surface area contributed by atoms with Crippen molar-refractivity contribution in [1.82, 2.24) is 10.2 Å². The molecule has 1 amide bonds.